The molecule has 3 nitrogen and oxygen atoms in total. The zero-order valence-corrected chi connectivity index (χ0v) is 12.2. The molecule has 0 aliphatic carbocycles. The van der Waals surface area contributed by atoms with E-state index in [0.29, 0.717) is 15.6 Å². The maximum absolute atomic E-state index is 11.8. The molecule has 1 N–H and O–H groups in total. The SMILES string of the molecule is CC(C)(C)NS(=O)(=O)Cc1ccc(Cl)c(Cl)c1. The van der Waals surface area contributed by atoms with Crippen molar-refractivity contribution in [2.24, 2.45) is 0 Å². The zero-order valence-electron chi connectivity index (χ0n) is 9.92. The Balaban J connectivity index is 2.87. The largest absolute Gasteiger partial charge is 0.216 e. The Morgan fingerprint density at radius 1 is 1.18 bits per heavy atom. The van der Waals surface area contributed by atoms with E-state index >= 15 is 0 Å². The van der Waals surface area contributed by atoms with Crippen LogP contribution in [0.2, 0.25) is 10.0 Å². The average molecular weight is 296 g/mol. The molecular formula is C11H15Cl2NO2S. The lowest BCUT2D eigenvalue weighted by Crippen LogP contribution is -2.41. The van der Waals surface area contributed by atoms with Gasteiger partial charge in [0.15, 0.2) is 0 Å². The molecule has 1 aromatic carbocycles. The number of hydrogen-bond donors (Lipinski definition) is 1. The van der Waals surface area contributed by atoms with Crippen LogP contribution in [0.4, 0.5) is 0 Å². The number of benzene rings is 1. The normalized spacial score (nSPS) is 12.8. The summed E-state index contributed by atoms with van der Waals surface area (Å²) in [5.41, 5.74) is 0.117. The third-order valence-corrected chi connectivity index (χ3v) is 4.18. The Morgan fingerprint density at radius 2 is 1.76 bits per heavy atom. The van der Waals surface area contributed by atoms with E-state index in [-0.39, 0.29) is 5.75 Å². The lowest BCUT2D eigenvalue weighted by molar-refractivity contribution is 0.491. The fourth-order valence-corrected chi connectivity index (χ4v) is 3.30. The molecule has 0 saturated carbocycles. The minimum Gasteiger partial charge on any atom is -0.212 e. The van der Waals surface area contributed by atoms with Gasteiger partial charge in [-0.2, -0.15) is 0 Å². The van der Waals surface area contributed by atoms with Crippen LogP contribution in [0.5, 0.6) is 0 Å². The van der Waals surface area contributed by atoms with Crippen molar-refractivity contribution in [1.82, 2.24) is 4.72 Å². The van der Waals surface area contributed by atoms with Gasteiger partial charge in [-0.25, -0.2) is 13.1 Å². The standard InChI is InChI=1S/C11H15Cl2NO2S/c1-11(2,3)14-17(15,16)7-8-4-5-9(12)10(13)6-8/h4-6,14H,7H2,1-3H3. The Bertz CT molecular complexity index is 507. The van der Waals surface area contributed by atoms with Crippen LogP contribution in [0, 0.1) is 0 Å². The molecule has 0 amide bonds. The quantitative estimate of drug-likeness (QED) is 0.931. The second-order valence-corrected chi connectivity index (χ2v) is 7.40. The van der Waals surface area contributed by atoms with Crippen molar-refractivity contribution in [3.63, 3.8) is 0 Å². The van der Waals surface area contributed by atoms with Gasteiger partial charge < -0.3 is 0 Å². The Morgan fingerprint density at radius 3 is 2.24 bits per heavy atom. The molecule has 0 aliphatic rings. The van der Waals surface area contributed by atoms with Crippen molar-refractivity contribution in [3.8, 4) is 0 Å². The van der Waals surface area contributed by atoms with Crippen molar-refractivity contribution in [1.29, 1.82) is 0 Å². The summed E-state index contributed by atoms with van der Waals surface area (Å²) in [6.07, 6.45) is 0. The van der Waals surface area contributed by atoms with E-state index in [0.717, 1.165) is 0 Å². The van der Waals surface area contributed by atoms with Crippen molar-refractivity contribution >= 4 is 33.2 Å². The first-order valence-electron chi connectivity index (χ1n) is 5.05. The molecule has 0 bridgehead atoms. The molecule has 0 spiro atoms. The number of sulfonamides is 1. The van der Waals surface area contributed by atoms with E-state index in [4.69, 9.17) is 23.2 Å². The summed E-state index contributed by atoms with van der Waals surface area (Å²) in [5, 5.41) is 0.770. The van der Waals surface area contributed by atoms with Gasteiger partial charge in [0.25, 0.3) is 0 Å². The highest BCUT2D eigenvalue weighted by Gasteiger charge is 2.20. The second kappa shape index (κ2) is 5.14. The van der Waals surface area contributed by atoms with Gasteiger partial charge in [-0.3, -0.25) is 0 Å². The number of hydrogen-bond acceptors (Lipinski definition) is 2. The first-order chi connectivity index (χ1) is 7.59. The third-order valence-electron chi connectivity index (χ3n) is 1.80. The Hall–Kier alpha value is -0.290. The van der Waals surface area contributed by atoms with E-state index < -0.39 is 15.6 Å². The maximum atomic E-state index is 11.8. The fourth-order valence-electron chi connectivity index (χ4n) is 1.35. The number of nitrogens with one attached hydrogen (secondary N) is 1. The molecule has 1 aromatic rings. The molecule has 0 aliphatic heterocycles. The molecule has 0 saturated heterocycles. The van der Waals surface area contributed by atoms with Gasteiger partial charge in [0.2, 0.25) is 10.0 Å². The molecule has 0 heterocycles. The number of halogens is 2. The van der Waals surface area contributed by atoms with E-state index in [1.165, 1.54) is 0 Å². The summed E-state index contributed by atoms with van der Waals surface area (Å²) in [6.45, 7) is 5.37. The van der Waals surface area contributed by atoms with Crippen LogP contribution in [-0.4, -0.2) is 14.0 Å². The molecule has 0 atom stereocenters. The third kappa shape index (κ3) is 5.25. The van der Waals surface area contributed by atoms with Gasteiger partial charge >= 0.3 is 0 Å². The Kier molecular flexibility index (Phi) is 4.47. The average Bonchev–Trinajstić information content (AvgIpc) is 2.06. The van der Waals surface area contributed by atoms with Gasteiger partial charge in [-0.15, -0.1) is 0 Å². The molecule has 0 fully saturated rings. The molecule has 1 rings (SSSR count). The van der Waals surface area contributed by atoms with Gasteiger partial charge in [-0.05, 0) is 38.5 Å². The summed E-state index contributed by atoms with van der Waals surface area (Å²) in [7, 11) is -3.37. The summed E-state index contributed by atoms with van der Waals surface area (Å²) >= 11 is 11.6. The van der Waals surface area contributed by atoms with Gasteiger partial charge in [0, 0.05) is 5.54 Å². The van der Waals surface area contributed by atoms with Crippen LogP contribution in [0.3, 0.4) is 0 Å². The summed E-state index contributed by atoms with van der Waals surface area (Å²) < 4.78 is 26.2. The second-order valence-electron chi connectivity index (χ2n) is 4.86. The lowest BCUT2D eigenvalue weighted by atomic mass is 10.1. The van der Waals surface area contributed by atoms with E-state index in [2.05, 4.69) is 4.72 Å². The molecule has 0 aromatic heterocycles. The molecule has 0 unspecified atom stereocenters. The maximum Gasteiger partial charge on any atom is 0.216 e. The first kappa shape index (κ1) is 14.8. The predicted molar refractivity (Wildman–Crippen MR) is 72.0 cm³/mol. The highest BCUT2D eigenvalue weighted by molar-refractivity contribution is 7.88. The van der Waals surface area contributed by atoms with Crippen LogP contribution >= 0.6 is 23.2 Å². The van der Waals surface area contributed by atoms with Crippen molar-refractivity contribution in [2.75, 3.05) is 0 Å². The molecular weight excluding hydrogens is 281 g/mol. The lowest BCUT2D eigenvalue weighted by Gasteiger charge is -2.20. The van der Waals surface area contributed by atoms with Crippen LogP contribution in [0.1, 0.15) is 26.3 Å². The number of rotatable bonds is 3. The smallest absolute Gasteiger partial charge is 0.212 e. The van der Waals surface area contributed by atoms with Gasteiger partial charge in [0.1, 0.15) is 0 Å². The van der Waals surface area contributed by atoms with Gasteiger partial charge in [0.05, 0.1) is 15.8 Å². The topological polar surface area (TPSA) is 46.2 Å². The van der Waals surface area contributed by atoms with E-state index in [9.17, 15) is 8.42 Å². The minimum atomic E-state index is -3.37. The highest BCUT2D eigenvalue weighted by Crippen LogP contribution is 2.23. The van der Waals surface area contributed by atoms with Crippen LogP contribution in [-0.2, 0) is 15.8 Å². The summed E-state index contributed by atoms with van der Waals surface area (Å²) in [4.78, 5) is 0. The zero-order chi connectivity index (χ0) is 13.3. The summed E-state index contributed by atoms with van der Waals surface area (Å²) in [6, 6.07) is 4.80. The van der Waals surface area contributed by atoms with E-state index in [1.807, 2.05) is 0 Å². The van der Waals surface area contributed by atoms with E-state index in [1.54, 1.807) is 39.0 Å². The molecule has 17 heavy (non-hydrogen) atoms. The van der Waals surface area contributed by atoms with Gasteiger partial charge in [-0.1, -0.05) is 29.3 Å². The minimum absolute atomic E-state index is 0.110. The van der Waals surface area contributed by atoms with Crippen molar-refractivity contribution in [3.05, 3.63) is 33.8 Å². The van der Waals surface area contributed by atoms with Crippen LogP contribution in [0.25, 0.3) is 0 Å². The summed E-state index contributed by atoms with van der Waals surface area (Å²) in [5.74, 6) is -0.110. The van der Waals surface area contributed by atoms with Crippen molar-refractivity contribution < 1.29 is 8.42 Å². The van der Waals surface area contributed by atoms with Crippen LogP contribution < -0.4 is 4.72 Å². The molecule has 0 radical (unpaired) electrons. The molecule has 96 valence electrons. The highest BCUT2D eigenvalue weighted by atomic mass is 35.5. The Labute approximate surface area is 112 Å². The van der Waals surface area contributed by atoms with Crippen molar-refractivity contribution in [2.45, 2.75) is 32.1 Å². The first-order valence-corrected chi connectivity index (χ1v) is 7.45. The van der Waals surface area contributed by atoms with Crippen LogP contribution in [0.15, 0.2) is 18.2 Å². The monoisotopic (exact) mass is 295 g/mol. The molecule has 6 heteroatoms. The predicted octanol–water partition coefficient (Wildman–Crippen LogP) is 3.21. The fraction of sp³-hybridized carbons (Fsp3) is 0.455.